The van der Waals surface area contributed by atoms with Crippen molar-refractivity contribution in [2.75, 3.05) is 32.1 Å². The number of hydrogen-bond acceptors (Lipinski definition) is 5. The molecule has 2 heterocycles. The number of hydrogen-bond donors (Lipinski definition) is 0. The van der Waals surface area contributed by atoms with Crippen LogP contribution in [0, 0.1) is 11.7 Å². The molecular weight excluding hydrogens is 345 g/mol. The molecule has 1 amide bonds. The van der Waals surface area contributed by atoms with Crippen molar-refractivity contribution in [2.24, 2.45) is 5.92 Å². The molecule has 0 radical (unpaired) electrons. The molecule has 0 atom stereocenters. The van der Waals surface area contributed by atoms with Gasteiger partial charge >= 0.3 is 0 Å². The summed E-state index contributed by atoms with van der Waals surface area (Å²) < 4.78 is 25.1. The van der Waals surface area contributed by atoms with E-state index in [4.69, 9.17) is 9.47 Å². The smallest absolute Gasteiger partial charge is 0.232 e. The van der Waals surface area contributed by atoms with Gasteiger partial charge < -0.3 is 14.4 Å². The predicted molar refractivity (Wildman–Crippen MR) is 92.1 cm³/mol. The Bertz CT molecular complexity index is 640. The highest BCUT2D eigenvalue weighted by molar-refractivity contribution is 8.00. The Labute approximate surface area is 150 Å². The Morgan fingerprint density at radius 2 is 1.92 bits per heavy atom. The van der Waals surface area contributed by atoms with Crippen LogP contribution in [0.15, 0.2) is 23.1 Å². The Morgan fingerprint density at radius 1 is 1.24 bits per heavy atom. The highest BCUT2D eigenvalue weighted by Crippen LogP contribution is 2.27. The quantitative estimate of drug-likeness (QED) is 0.592. The molecule has 0 bridgehead atoms. The van der Waals surface area contributed by atoms with Gasteiger partial charge in [-0.3, -0.25) is 9.59 Å². The molecule has 0 aliphatic carbocycles. The SMILES string of the molecule is CC(=O)c1ccc(SCC(=O)N2CCC(C3OCCO3)CC2)c(F)c1. The zero-order valence-electron chi connectivity index (χ0n) is 14.2. The van der Waals surface area contributed by atoms with Crippen molar-refractivity contribution >= 4 is 23.5 Å². The standard InChI is InChI=1S/C18H22FNO4S/c1-12(21)14-2-3-16(15(19)10-14)25-11-17(22)20-6-4-13(5-7-20)18-23-8-9-24-18/h2-3,10,13,18H,4-9,11H2,1H3. The van der Waals surface area contributed by atoms with Gasteiger partial charge in [-0.2, -0.15) is 0 Å². The largest absolute Gasteiger partial charge is 0.350 e. The number of carbonyl (C=O) groups excluding carboxylic acids is 2. The van der Waals surface area contributed by atoms with Crippen LogP contribution < -0.4 is 0 Å². The van der Waals surface area contributed by atoms with Crippen molar-refractivity contribution in [1.29, 1.82) is 0 Å². The number of nitrogens with zero attached hydrogens (tertiary/aromatic N) is 1. The molecule has 5 nitrogen and oxygen atoms in total. The van der Waals surface area contributed by atoms with Gasteiger partial charge in [0, 0.05) is 29.5 Å². The van der Waals surface area contributed by atoms with Gasteiger partial charge in [-0.15, -0.1) is 11.8 Å². The number of halogens is 1. The van der Waals surface area contributed by atoms with E-state index in [0.29, 0.717) is 42.7 Å². The van der Waals surface area contributed by atoms with Crippen LogP contribution in [0.25, 0.3) is 0 Å². The van der Waals surface area contributed by atoms with Gasteiger partial charge in [0.25, 0.3) is 0 Å². The predicted octanol–water partition coefficient (Wildman–Crippen LogP) is 2.73. The van der Waals surface area contributed by atoms with Crippen LogP contribution in [0.3, 0.4) is 0 Å². The molecule has 1 aromatic rings. The number of ether oxygens (including phenoxy) is 2. The minimum atomic E-state index is -0.459. The van der Waals surface area contributed by atoms with Crippen LogP contribution in [-0.2, 0) is 14.3 Å². The monoisotopic (exact) mass is 367 g/mol. The number of rotatable bonds is 5. The van der Waals surface area contributed by atoms with E-state index in [-0.39, 0.29) is 23.7 Å². The number of likely N-dealkylation sites (tertiary alicyclic amines) is 1. The fraction of sp³-hybridized carbons (Fsp3) is 0.556. The second-order valence-corrected chi connectivity index (χ2v) is 7.34. The fourth-order valence-corrected chi connectivity index (χ4v) is 3.96. The van der Waals surface area contributed by atoms with E-state index >= 15 is 0 Å². The normalized spacial score (nSPS) is 19.4. The van der Waals surface area contributed by atoms with Crippen LogP contribution in [0.2, 0.25) is 0 Å². The lowest BCUT2D eigenvalue weighted by molar-refractivity contribution is -0.134. The Morgan fingerprint density at radius 3 is 2.52 bits per heavy atom. The molecule has 0 saturated carbocycles. The first-order valence-corrected chi connectivity index (χ1v) is 9.47. The number of Topliss-reactive ketones (excluding diaryl/α,β-unsaturated/α-hetero) is 1. The van der Waals surface area contributed by atoms with E-state index in [1.807, 2.05) is 4.90 Å². The van der Waals surface area contributed by atoms with Crippen molar-refractivity contribution in [1.82, 2.24) is 4.90 Å². The lowest BCUT2D eigenvalue weighted by Gasteiger charge is -2.33. The van der Waals surface area contributed by atoms with Gasteiger partial charge in [0.05, 0.1) is 19.0 Å². The molecule has 7 heteroatoms. The first-order chi connectivity index (χ1) is 12.0. The highest BCUT2D eigenvalue weighted by Gasteiger charge is 2.31. The number of thioether (sulfide) groups is 1. The number of carbonyl (C=O) groups is 2. The van der Waals surface area contributed by atoms with Crippen molar-refractivity contribution in [3.05, 3.63) is 29.6 Å². The average Bonchev–Trinajstić information content (AvgIpc) is 3.15. The summed E-state index contributed by atoms with van der Waals surface area (Å²) in [6, 6.07) is 4.37. The maximum absolute atomic E-state index is 14.0. The van der Waals surface area contributed by atoms with Crippen molar-refractivity contribution in [2.45, 2.75) is 31.0 Å². The molecule has 2 fully saturated rings. The second kappa shape index (κ2) is 8.29. The maximum Gasteiger partial charge on any atom is 0.232 e. The molecule has 136 valence electrons. The fourth-order valence-electron chi connectivity index (χ4n) is 3.14. The molecule has 2 aliphatic heterocycles. The number of amides is 1. The third-order valence-corrected chi connectivity index (χ3v) is 5.65. The molecule has 0 aromatic heterocycles. The molecule has 25 heavy (non-hydrogen) atoms. The van der Waals surface area contributed by atoms with Gasteiger partial charge in [-0.25, -0.2) is 4.39 Å². The summed E-state index contributed by atoms with van der Waals surface area (Å²) in [7, 11) is 0. The summed E-state index contributed by atoms with van der Waals surface area (Å²) in [5.74, 6) is -0.0934. The minimum absolute atomic E-state index is 0.00625. The van der Waals surface area contributed by atoms with E-state index in [2.05, 4.69) is 0 Å². The second-order valence-electron chi connectivity index (χ2n) is 6.32. The molecule has 0 spiro atoms. The van der Waals surface area contributed by atoms with E-state index in [1.165, 1.54) is 24.8 Å². The summed E-state index contributed by atoms with van der Waals surface area (Å²) in [5, 5.41) is 0. The molecule has 3 rings (SSSR count). The van der Waals surface area contributed by atoms with E-state index in [0.717, 1.165) is 12.8 Å². The van der Waals surface area contributed by atoms with Crippen LogP contribution >= 0.6 is 11.8 Å². The third kappa shape index (κ3) is 4.59. The molecule has 0 unspecified atom stereocenters. The first kappa shape index (κ1) is 18.4. The zero-order chi connectivity index (χ0) is 17.8. The lowest BCUT2D eigenvalue weighted by Crippen LogP contribution is -2.42. The lowest BCUT2D eigenvalue weighted by atomic mass is 9.96. The van der Waals surface area contributed by atoms with E-state index in [9.17, 15) is 14.0 Å². The summed E-state index contributed by atoms with van der Waals surface area (Å²) in [6.45, 7) is 4.05. The number of benzene rings is 1. The van der Waals surface area contributed by atoms with E-state index < -0.39 is 5.82 Å². The molecule has 2 saturated heterocycles. The molecule has 0 N–H and O–H groups in total. The molecule has 2 aliphatic rings. The average molecular weight is 367 g/mol. The van der Waals surface area contributed by atoms with Crippen LogP contribution in [0.4, 0.5) is 4.39 Å². The van der Waals surface area contributed by atoms with Gasteiger partial charge in [-0.1, -0.05) is 6.07 Å². The van der Waals surface area contributed by atoms with Crippen LogP contribution in [0.5, 0.6) is 0 Å². The number of piperidine rings is 1. The summed E-state index contributed by atoms with van der Waals surface area (Å²) >= 11 is 1.17. The number of ketones is 1. The summed E-state index contributed by atoms with van der Waals surface area (Å²) in [6.07, 6.45) is 1.60. The summed E-state index contributed by atoms with van der Waals surface area (Å²) in [4.78, 5) is 25.8. The third-order valence-electron chi connectivity index (χ3n) is 4.61. The van der Waals surface area contributed by atoms with Crippen molar-refractivity contribution in [3.8, 4) is 0 Å². The zero-order valence-corrected chi connectivity index (χ0v) is 15.0. The Balaban J connectivity index is 1.47. The Hall–Kier alpha value is -1.44. The van der Waals surface area contributed by atoms with Gasteiger partial charge in [-0.05, 0) is 31.9 Å². The molecule has 1 aromatic carbocycles. The van der Waals surface area contributed by atoms with Crippen molar-refractivity contribution < 1.29 is 23.5 Å². The van der Waals surface area contributed by atoms with E-state index in [1.54, 1.807) is 12.1 Å². The topological polar surface area (TPSA) is 55.8 Å². The van der Waals surface area contributed by atoms with Gasteiger partial charge in [0.1, 0.15) is 5.82 Å². The van der Waals surface area contributed by atoms with Gasteiger partial charge in [0.2, 0.25) is 5.91 Å². The minimum Gasteiger partial charge on any atom is -0.350 e. The highest BCUT2D eigenvalue weighted by atomic mass is 32.2. The first-order valence-electron chi connectivity index (χ1n) is 8.49. The van der Waals surface area contributed by atoms with Crippen molar-refractivity contribution in [3.63, 3.8) is 0 Å². The van der Waals surface area contributed by atoms with Crippen LogP contribution in [-0.4, -0.2) is 54.9 Å². The summed E-state index contributed by atoms with van der Waals surface area (Å²) in [5.41, 5.74) is 0.339. The maximum atomic E-state index is 14.0. The van der Waals surface area contributed by atoms with Crippen LogP contribution in [0.1, 0.15) is 30.1 Å². The van der Waals surface area contributed by atoms with Gasteiger partial charge in [0.15, 0.2) is 12.1 Å². The Kier molecular flexibility index (Phi) is 6.09. The molecular formula is C18H22FNO4S.